The number of anilines is 1. The fraction of sp³-hybridized carbons (Fsp3) is 0.286. The molecule has 0 radical (unpaired) electrons. The van der Waals surface area contributed by atoms with Crippen LogP contribution in [0.25, 0.3) is 0 Å². The number of hydrogen-bond acceptors (Lipinski definition) is 5. The lowest BCUT2D eigenvalue weighted by molar-refractivity contribution is -0.140. The van der Waals surface area contributed by atoms with Gasteiger partial charge in [-0.15, -0.1) is 0 Å². The normalized spacial score (nSPS) is 11.9. The van der Waals surface area contributed by atoms with Crippen LogP contribution in [0.15, 0.2) is 71.6 Å². The third kappa shape index (κ3) is 7.03. The van der Waals surface area contributed by atoms with Crippen LogP contribution in [0.2, 0.25) is 10.0 Å². The Morgan fingerprint density at radius 3 is 2.31 bits per heavy atom. The van der Waals surface area contributed by atoms with Gasteiger partial charge >= 0.3 is 0 Å². The summed E-state index contributed by atoms with van der Waals surface area (Å²) in [6.45, 7) is 2.96. The average Bonchev–Trinajstić information content (AvgIpc) is 2.92. The third-order valence-electron chi connectivity index (χ3n) is 6.20. The minimum Gasteiger partial charge on any atom is -0.495 e. The zero-order chi connectivity index (χ0) is 28.7. The maximum absolute atomic E-state index is 14.0. The van der Waals surface area contributed by atoms with Crippen molar-refractivity contribution in [3.05, 3.63) is 87.9 Å². The number of likely N-dealkylation sites (N-methyl/N-ethyl adjacent to an activating group) is 1. The van der Waals surface area contributed by atoms with E-state index in [9.17, 15) is 18.0 Å². The Kier molecular flexibility index (Phi) is 10.2. The van der Waals surface area contributed by atoms with Gasteiger partial charge in [0.15, 0.2) is 0 Å². The lowest BCUT2D eigenvalue weighted by Crippen LogP contribution is -2.51. The minimum atomic E-state index is -4.22. The van der Waals surface area contributed by atoms with Crippen molar-refractivity contribution in [2.75, 3.05) is 25.0 Å². The zero-order valence-corrected chi connectivity index (χ0v) is 24.5. The fourth-order valence-electron chi connectivity index (χ4n) is 4.15. The predicted octanol–water partition coefficient (Wildman–Crippen LogP) is 5.06. The molecule has 3 rings (SSSR count). The van der Waals surface area contributed by atoms with E-state index >= 15 is 0 Å². The number of aryl methyl sites for hydroxylation is 1. The van der Waals surface area contributed by atoms with Crippen LogP contribution in [0, 0.1) is 6.92 Å². The molecule has 0 spiro atoms. The highest BCUT2D eigenvalue weighted by atomic mass is 35.5. The summed E-state index contributed by atoms with van der Waals surface area (Å²) >= 11 is 12.5. The van der Waals surface area contributed by atoms with Crippen LogP contribution in [-0.4, -0.2) is 51.9 Å². The van der Waals surface area contributed by atoms with Crippen molar-refractivity contribution in [2.45, 2.75) is 37.8 Å². The highest BCUT2D eigenvalue weighted by Crippen LogP contribution is 2.34. The first-order chi connectivity index (χ1) is 18.5. The van der Waals surface area contributed by atoms with E-state index < -0.39 is 28.5 Å². The monoisotopic (exact) mass is 591 g/mol. The van der Waals surface area contributed by atoms with Gasteiger partial charge in [0, 0.05) is 23.6 Å². The molecule has 1 atom stereocenters. The summed E-state index contributed by atoms with van der Waals surface area (Å²) in [6.07, 6.45) is 0.288. The smallest absolute Gasteiger partial charge is 0.264 e. The van der Waals surface area contributed by atoms with Crippen molar-refractivity contribution in [2.24, 2.45) is 0 Å². The number of carbonyl (C=O) groups excluding carboxylic acids is 2. The van der Waals surface area contributed by atoms with Crippen LogP contribution in [0.4, 0.5) is 5.69 Å². The average molecular weight is 593 g/mol. The highest BCUT2D eigenvalue weighted by molar-refractivity contribution is 7.92. The molecule has 208 valence electrons. The van der Waals surface area contributed by atoms with E-state index in [2.05, 4.69) is 5.32 Å². The number of amides is 2. The molecule has 0 aromatic heterocycles. The molecule has 11 heteroatoms. The first-order valence-electron chi connectivity index (χ1n) is 12.2. The molecule has 0 bridgehead atoms. The number of carbonyl (C=O) groups is 2. The molecular formula is C28H31Cl2N3O5S. The molecule has 0 aliphatic heterocycles. The topological polar surface area (TPSA) is 96.0 Å². The number of methoxy groups -OCH3 is 1. The van der Waals surface area contributed by atoms with Gasteiger partial charge in [0.25, 0.3) is 10.0 Å². The maximum Gasteiger partial charge on any atom is 0.264 e. The van der Waals surface area contributed by atoms with Gasteiger partial charge in [-0.25, -0.2) is 8.42 Å². The van der Waals surface area contributed by atoms with E-state index in [0.717, 1.165) is 9.87 Å². The first kappa shape index (κ1) is 30.3. The molecule has 0 heterocycles. The summed E-state index contributed by atoms with van der Waals surface area (Å²) < 4.78 is 34.4. The summed E-state index contributed by atoms with van der Waals surface area (Å²) in [6, 6.07) is 16.9. The molecule has 0 aliphatic carbocycles. The molecule has 39 heavy (non-hydrogen) atoms. The Balaban J connectivity index is 2.14. The van der Waals surface area contributed by atoms with Gasteiger partial charge in [0.05, 0.1) is 17.7 Å². The Hall–Kier alpha value is -3.27. The molecule has 0 saturated carbocycles. The zero-order valence-electron chi connectivity index (χ0n) is 22.1. The number of sulfonamides is 1. The largest absolute Gasteiger partial charge is 0.495 e. The Morgan fingerprint density at radius 2 is 1.72 bits per heavy atom. The van der Waals surface area contributed by atoms with Gasteiger partial charge in [-0.05, 0) is 60.9 Å². The van der Waals surface area contributed by atoms with E-state index in [0.29, 0.717) is 15.6 Å². The molecular weight excluding hydrogens is 561 g/mol. The van der Waals surface area contributed by atoms with E-state index in [1.807, 2.05) is 6.92 Å². The molecule has 8 nitrogen and oxygen atoms in total. The molecule has 1 N–H and O–H groups in total. The van der Waals surface area contributed by atoms with E-state index in [1.54, 1.807) is 61.5 Å². The maximum atomic E-state index is 14.0. The summed E-state index contributed by atoms with van der Waals surface area (Å²) in [5.41, 5.74) is 1.53. The van der Waals surface area contributed by atoms with Gasteiger partial charge in [0.2, 0.25) is 11.8 Å². The van der Waals surface area contributed by atoms with Crippen molar-refractivity contribution in [1.29, 1.82) is 0 Å². The van der Waals surface area contributed by atoms with Crippen molar-refractivity contribution in [1.82, 2.24) is 10.2 Å². The van der Waals surface area contributed by atoms with Crippen LogP contribution >= 0.6 is 23.2 Å². The van der Waals surface area contributed by atoms with Gasteiger partial charge in [-0.3, -0.25) is 13.9 Å². The van der Waals surface area contributed by atoms with Crippen LogP contribution < -0.4 is 14.4 Å². The number of nitrogens with zero attached hydrogens (tertiary/aromatic N) is 2. The van der Waals surface area contributed by atoms with Crippen molar-refractivity contribution < 1.29 is 22.7 Å². The van der Waals surface area contributed by atoms with Crippen LogP contribution in [0.3, 0.4) is 0 Å². The number of ether oxygens (including phenoxy) is 1. The third-order valence-corrected chi connectivity index (χ3v) is 8.56. The Labute approximate surface area is 239 Å². The van der Waals surface area contributed by atoms with Crippen molar-refractivity contribution in [3.63, 3.8) is 0 Å². The highest BCUT2D eigenvalue weighted by Gasteiger charge is 2.34. The molecule has 2 amide bonds. The van der Waals surface area contributed by atoms with Crippen LogP contribution in [0.5, 0.6) is 5.75 Å². The molecule has 3 aromatic carbocycles. The SMILES string of the molecule is CCC(C(=O)NC)N(Cc1ccc(Cl)cc1Cl)C(=O)CN(c1cc(C)ccc1OC)S(=O)(=O)c1ccccc1. The summed E-state index contributed by atoms with van der Waals surface area (Å²) in [4.78, 5) is 28.2. The van der Waals surface area contributed by atoms with Gasteiger partial charge < -0.3 is 15.0 Å². The Morgan fingerprint density at radius 1 is 1.03 bits per heavy atom. The number of benzene rings is 3. The summed E-state index contributed by atoms with van der Waals surface area (Å²) in [7, 11) is -1.31. The predicted molar refractivity (Wildman–Crippen MR) is 154 cm³/mol. The van der Waals surface area contributed by atoms with E-state index in [-0.39, 0.29) is 35.2 Å². The quantitative estimate of drug-likeness (QED) is 0.336. The molecule has 0 saturated heterocycles. The fourth-order valence-corrected chi connectivity index (χ4v) is 6.05. The minimum absolute atomic E-state index is 0.00648. The number of nitrogens with one attached hydrogen (secondary N) is 1. The van der Waals surface area contributed by atoms with Crippen molar-refractivity contribution >= 4 is 50.7 Å². The Bertz CT molecular complexity index is 1430. The van der Waals surface area contributed by atoms with Gasteiger partial charge in [0.1, 0.15) is 18.3 Å². The van der Waals surface area contributed by atoms with Crippen LogP contribution in [0.1, 0.15) is 24.5 Å². The van der Waals surface area contributed by atoms with E-state index in [4.69, 9.17) is 27.9 Å². The first-order valence-corrected chi connectivity index (χ1v) is 14.4. The molecule has 0 aliphatic rings. The second-order valence-corrected chi connectivity index (χ2v) is 11.5. The lowest BCUT2D eigenvalue weighted by Gasteiger charge is -2.33. The number of rotatable bonds is 11. The van der Waals surface area contributed by atoms with Crippen LogP contribution in [-0.2, 0) is 26.2 Å². The summed E-state index contributed by atoms with van der Waals surface area (Å²) in [5, 5.41) is 3.33. The summed E-state index contributed by atoms with van der Waals surface area (Å²) in [5.74, 6) is -0.709. The molecule has 0 fully saturated rings. The standard InChI is InChI=1S/C28H31Cl2N3O5S/c1-5-24(28(35)31-3)32(17-20-12-13-21(29)16-23(20)30)27(34)18-33(25-15-19(2)11-14-26(25)38-4)39(36,37)22-9-7-6-8-10-22/h6-16,24H,5,17-18H2,1-4H3,(H,31,35). The second-order valence-electron chi connectivity index (χ2n) is 8.80. The second kappa shape index (κ2) is 13.2. The van der Waals surface area contributed by atoms with Gasteiger partial charge in [-0.1, -0.05) is 60.5 Å². The molecule has 3 aromatic rings. The number of halogens is 2. The number of hydrogen-bond donors (Lipinski definition) is 1. The van der Waals surface area contributed by atoms with Gasteiger partial charge in [-0.2, -0.15) is 0 Å². The lowest BCUT2D eigenvalue weighted by atomic mass is 10.1. The van der Waals surface area contributed by atoms with E-state index in [1.165, 1.54) is 31.2 Å². The van der Waals surface area contributed by atoms with Crippen molar-refractivity contribution in [3.8, 4) is 5.75 Å². The molecule has 1 unspecified atom stereocenters.